The average Bonchev–Trinajstić information content (AvgIpc) is 3.23. The van der Waals surface area contributed by atoms with Crippen LogP contribution in [0.25, 0.3) is 33.1 Å². The maximum absolute atomic E-state index is 15.0. The van der Waals surface area contributed by atoms with Crippen LogP contribution in [0, 0.1) is 23.0 Å². The summed E-state index contributed by atoms with van der Waals surface area (Å²) in [6.07, 6.45) is 0.379. The molecule has 2 N–H and O–H groups in total. The van der Waals surface area contributed by atoms with E-state index in [0.717, 1.165) is 6.07 Å². The summed E-state index contributed by atoms with van der Waals surface area (Å²) in [5.74, 6) is -1.40. The van der Waals surface area contributed by atoms with Gasteiger partial charge in [0.05, 0.1) is 36.0 Å². The standard InChI is InChI=1S/C27H19F2N5O3/c1-34-21-13-32-20-11-22(36-2)23(37-26(27(31)35)15-4-6-16(28)7-5-15)10-18(20)24(21)25(33-34)17-8-3-14(12-30)9-19(17)29/h3-11,13,26H,1-2H3,(H2,31,35). The summed E-state index contributed by atoms with van der Waals surface area (Å²) < 4.78 is 41.5. The van der Waals surface area contributed by atoms with Gasteiger partial charge in [-0.05, 0) is 36.4 Å². The lowest BCUT2D eigenvalue weighted by atomic mass is 10.0. The molecular weight excluding hydrogens is 480 g/mol. The van der Waals surface area contributed by atoms with Crippen LogP contribution in [0.4, 0.5) is 8.78 Å². The van der Waals surface area contributed by atoms with E-state index in [4.69, 9.17) is 20.5 Å². The van der Waals surface area contributed by atoms with Gasteiger partial charge >= 0.3 is 0 Å². The zero-order valence-corrected chi connectivity index (χ0v) is 19.7. The van der Waals surface area contributed by atoms with Crippen LogP contribution in [0.2, 0.25) is 0 Å². The highest BCUT2D eigenvalue weighted by atomic mass is 19.1. The second-order valence-corrected chi connectivity index (χ2v) is 8.27. The number of carbonyl (C=O) groups excluding carboxylic acids is 1. The number of carbonyl (C=O) groups is 1. The maximum Gasteiger partial charge on any atom is 0.263 e. The summed E-state index contributed by atoms with van der Waals surface area (Å²) >= 11 is 0. The number of aryl methyl sites for hydroxylation is 1. The molecule has 5 rings (SSSR count). The summed E-state index contributed by atoms with van der Waals surface area (Å²) in [6, 6.07) is 14.5. The van der Waals surface area contributed by atoms with E-state index in [9.17, 15) is 13.6 Å². The fourth-order valence-corrected chi connectivity index (χ4v) is 4.21. The summed E-state index contributed by atoms with van der Waals surface area (Å²) in [6.45, 7) is 0. The van der Waals surface area contributed by atoms with E-state index in [1.807, 2.05) is 6.07 Å². The first-order valence-corrected chi connectivity index (χ1v) is 11.1. The maximum atomic E-state index is 15.0. The molecule has 0 spiro atoms. The average molecular weight is 499 g/mol. The van der Waals surface area contributed by atoms with Crippen molar-refractivity contribution in [3.63, 3.8) is 0 Å². The number of hydrogen-bond donors (Lipinski definition) is 1. The van der Waals surface area contributed by atoms with Crippen LogP contribution in [0.3, 0.4) is 0 Å². The van der Waals surface area contributed by atoms with Gasteiger partial charge in [-0.25, -0.2) is 8.78 Å². The molecule has 0 fully saturated rings. The van der Waals surface area contributed by atoms with Gasteiger partial charge in [-0.1, -0.05) is 12.1 Å². The Morgan fingerprint density at radius 3 is 2.51 bits per heavy atom. The molecule has 8 nitrogen and oxygen atoms in total. The third-order valence-corrected chi connectivity index (χ3v) is 6.00. The summed E-state index contributed by atoms with van der Waals surface area (Å²) in [5.41, 5.74) is 7.82. The molecule has 3 aromatic carbocycles. The number of halogens is 2. The first-order valence-electron chi connectivity index (χ1n) is 11.1. The number of rotatable bonds is 6. The zero-order valence-electron chi connectivity index (χ0n) is 19.7. The lowest BCUT2D eigenvalue weighted by Gasteiger charge is -2.19. The fourth-order valence-electron chi connectivity index (χ4n) is 4.21. The summed E-state index contributed by atoms with van der Waals surface area (Å²) in [5, 5.41) is 14.8. The van der Waals surface area contributed by atoms with Gasteiger partial charge < -0.3 is 15.2 Å². The van der Waals surface area contributed by atoms with Gasteiger partial charge in [0.15, 0.2) is 11.5 Å². The van der Waals surface area contributed by atoms with Crippen molar-refractivity contribution in [1.29, 1.82) is 5.26 Å². The molecule has 0 saturated carbocycles. The highest BCUT2D eigenvalue weighted by molar-refractivity contribution is 6.12. The van der Waals surface area contributed by atoms with Crippen LogP contribution >= 0.6 is 0 Å². The van der Waals surface area contributed by atoms with Crippen molar-refractivity contribution in [3.8, 4) is 28.8 Å². The second kappa shape index (κ2) is 9.20. The molecule has 2 aromatic heterocycles. The van der Waals surface area contributed by atoms with Gasteiger partial charge in [0.2, 0.25) is 6.10 Å². The van der Waals surface area contributed by atoms with Crippen LogP contribution in [0.5, 0.6) is 11.5 Å². The molecule has 0 aliphatic carbocycles. The topological polar surface area (TPSA) is 116 Å². The SMILES string of the molecule is COc1cc2ncc3c(c(-c4ccc(C#N)cc4F)nn3C)c2cc1OC(C(N)=O)c1ccc(F)cc1. The van der Waals surface area contributed by atoms with E-state index in [2.05, 4.69) is 10.1 Å². The highest BCUT2D eigenvalue weighted by Gasteiger charge is 2.24. The van der Waals surface area contributed by atoms with Gasteiger partial charge in [0, 0.05) is 35.0 Å². The third-order valence-electron chi connectivity index (χ3n) is 6.00. The monoisotopic (exact) mass is 499 g/mol. The molecule has 1 amide bonds. The summed E-state index contributed by atoms with van der Waals surface area (Å²) in [4.78, 5) is 16.8. The molecule has 184 valence electrons. The minimum atomic E-state index is -1.23. The van der Waals surface area contributed by atoms with Gasteiger partial charge in [-0.3, -0.25) is 14.5 Å². The van der Waals surface area contributed by atoms with Gasteiger partial charge in [0.25, 0.3) is 5.91 Å². The van der Waals surface area contributed by atoms with Gasteiger partial charge in [-0.2, -0.15) is 10.4 Å². The van der Waals surface area contributed by atoms with E-state index >= 15 is 0 Å². The number of amides is 1. The number of aromatic nitrogens is 3. The van der Waals surface area contributed by atoms with Crippen molar-refractivity contribution in [2.75, 3.05) is 7.11 Å². The number of ether oxygens (including phenoxy) is 2. The molecule has 37 heavy (non-hydrogen) atoms. The minimum absolute atomic E-state index is 0.174. The van der Waals surface area contributed by atoms with Gasteiger partial charge in [0.1, 0.15) is 17.3 Å². The van der Waals surface area contributed by atoms with Crippen LogP contribution in [0.1, 0.15) is 17.2 Å². The first-order chi connectivity index (χ1) is 17.8. The molecule has 5 aromatic rings. The third kappa shape index (κ3) is 4.16. The molecule has 0 aliphatic heterocycles. The molecule has 0 bridgehead atoms. The fraction of sp³-hybridized carbons (Fsp3) is 0.111. The van der Waals surface area contributed by atoms with E-state index in [1.54, 1.807) is 30.1 Å². The van der Waals surface area contributed by atoms with Crippen LogP contribution < -0.4 is 15.2 Å². The lowest BCUT2D eigenvalue weighted by molar-refractivity contribution is -0.125. The van der Waals surface area contributed by atoms with Crippen LogP contribution in [0.15, 0.2) is 60.8 Å². The number of benzene rings is 3. The molecule has 0 aliphatic rings. The Hall–Kier alpha value is -5.04. The number of pyridine rings is 1. The quantitative estimate of drug-likeness (QED) is 0.366. The van der Waals surface area contributed by atoms with Crippen LogP contribution in [-0.2, 0) is 11.8 Å². The van der Waals surface area contributed by atoms with Crippen molar-refractivity contribution >= 4 is 27.7 Å². The van der Waals surface area contributed by atoms with E-state index in [0.29, 0.717) is 33.1 Å². The summed E-state index contributed by atoms with van der Waals surface area (Å²) in [7, 11) is 3.14. The number of primary amides is 1. The Morgan fingerprint density at radius 1 is 1.11 bits per heavy atom. The zero-order chi connectivity index (χ0) is 26.3. The Morgan fingerprint density at radius 2 is 1.86 bits per heavy atom. The molecule has 2 heterocycles. The molecule has 0 radical (unpaired) electrons. The Balaban J connectivity index is 1.72. The van der Waals surface area contributed by atoms with Crippen molar-refractivity contribution in [2.24, 2.45) is 12.8 Å². The van der Waals surface area contributed by atoms with Crippen molar-refractivity contribution in [2.45, 2.75) is 6.10 Å². The van der Waals surface area contributed by atoms with Crippen molar-refractivity contribution < 1.29 is 23.0 Å². The van der Waals surface area contributed by atoms with Crippen LogP contribution in [-0.4, -0.2) is 27.8 Å². The van der Waals surface area contributed by atoms with Crippen molar-refractivity contribution in [1.82, 2.24) is 14.8 Å². The number of nitriles is 1. The molecular formula is C27H19F2N5O3. The highest BCUT2D eigenvalue weighted by Crippen LogP contribution is 2.40. The molecule has 0 saturated heterocycles. The van der Waals surface area contributed by atoms with E-state index in [-0.39, 0.29) is 22.6 Å². The van der Waals surface area contributed by atoms with E-state index < -0.39 is 23.6 Å². The molecule has 1 atom stereocenters. The van der Waals surface area contributed by atoms with E-state index in [1.165, 1.54) is 43.5 Å². The number of nitrogens with zero attached hydrogens (tertiary/aromatic N) is 4. The van der Waals surface area contributed by atoms with Crippen molar-refractivity contribution in [3.05, 3.63) is 83.6 Å². The lowest BCUT2D eigenvalue weighted by Crippen LogP contribution is -2.26. The number of methoxy groups -OCH3 is 1. The Kier molecular flexibility index (Phi) is 5.89. The normalized spacial score (nSPS) is 11.9. The smallest absolute Gasteiger partial charge is 0.263 e. The predicted octanol–water partition coefficient (Wildman–Crippen LogP) is 4.55. The molecule has 1 unspecified atom stereocenters. The Labute approximate surface area is 209 Å². The second-order valence-electron chi connectivity index (χ2n) is 8.27. The Bertz CT molecular complexity index is 1730. The first kappa shape index (κ1) is 23.7. The minimum Gasteiger partial charge on any atom is -0.493 e. The number of fused-ring (bicyclic) bond motifs is 3. The molecule has 10 heteroatoms. The predicted molar refractivity (Wildman–Crippen MR) is 132 cm³/mol. The number of nitrogens with two attached hydrogens (primary N) is 1. The largest absolute Gasteiger partial charge is 0.493 e. The number of hydrogen-bond acceptors (Lipinski definition) is 6. The van der Waals surface area contributed by atoms with Gasteiger partial charge in [-0.15, -0.1) is 0 Å².